The number of hydrogen-bond acceptors (Lipinski definition) is 5. The highest BCUT2D eigenvalue weighted by Gasteiger charge is 2.17. The van der Waals surface area contributed by atoms with Gasteiger partial charge in [0.1, 0.15) is 10.7 Å². The second-order valence-electron chi connectivity index (χ2n) is 7.95. The summed E-state index contributed by atoms with van der Waals surface area (Å²) in [5, 5.41) is 12.5. The number of hydrogen-bond donors (Lipinski definition) is 1. The van der Waals surface area contributed by atoms with Crippen LogP contribution in [0, 0.1) is 18.3 Å². The number of aromatic nitrogens is 1. The Morgan fingerprint density at radius 2 is 1.85 bits per heavy atom. The Morgan fingerprint density at radius 1 is 1.18 bits per heavy atom. The number of methoxy groups -OCH3 is 1. The molecule has 0 aliphatic heterocycles. The van der Waals surface area contributed by atoms with Crippen molar-refractivity contribution >= 4 is 28.9 Å². The average Bonchev–Trinajstić information content (AvgIpc) is 3.11. The van der Waals surface area contributed by atoms with E-state index in [4.69, 9.17) is 4.74 Å². The van der Waals surface area contributed by atoms with Gasteiger partial charge in [0, 0.05) is 13.7 Å². The summed E-state index contributed by atoms with van der Waals surface area (Å²) in [6.07, 6.45) is 1.78. The number of nitriles is 1. The van der Waals surface area contributed by atoms with Crippen LogP contribution in [0.4, 0.5) is 0 Å². The molecule has 0 bridgehead atoms. The summed E-state index contributed by atoms with van der Waals surface area (Å²) >= 11 is 1.13. The molecule has 0 spiro atoms. The molecule has 0 saturated heterocycles. The maximum absolute atomic E-state index is 13.5. The number of carbonyl (C=O) groups is 1. The maximum Gasteiger partial charge on any atom is 0.273 e. The number of carbonyl (C=O) groups excluding carboxylic acids is 1. The molecule has 1 heterocycles. The molecule has 2 aromatic carbocycles. The molecule has 33 heavy (non-hydrogen) atoms. The van der Waals surface area contributed by atoms with E-state index in [-0.39, 0.29) is 17.7 Å². The van der Waals surface area contributed by atoms with Gasteiger partial charge in [-0.05, 0) is 42.2 Å². The van der Waals surface area contributed by atoms with Crippen LogP contribution in [0.15, 0.2) is 53.3 Å². The zero-order chi connectivity index (χ0) is 24.0. The van der Waals surface area contributed by atoms with Gasteiger partial charge in [-0.3, -0.25) is 14.2 Å². The second-order valence-corrected chi connectivity index (χ2v) is 8.98. The molecular weight excluding hydrogens is 434 g/mol. The molecule has 0 atom stereocenters. The molecule has 6 nitrogen and oxygen atoms in total. The number of thiazole rings is 1. The lowest BCUT2D eigenvalue weighted by Gasteiger charge is -2.08. The quantitative estimate of drug-likeness (QED) is 0.548. The van der Waals surface area contributed by atoms with E-state index in [0.717, 1.165) is 28.0 Å². The normalized spacial score (nSPS) is 12.5. The molecule has 0 aliphatic carbocycles. The minimum Gasteiger partial charge on any atom is -0.383 e. The van der Waals surface area contributed by atoms with Crippen molar-refractivity contribution in [3.05, 3.63) is 84.8 Å². The van der Waals surface area contributed by atoms with Gasteiger partial charge in [-0.15, -0.1) is 11.3 Å². The van der Waals surface area contributed by atoms with Crippen LogP contribution in [0.2, 0.25) is 0 Å². The Kier molecular flexibility index (Phi) is 7.99. The molecule has 3 aromatic rings. The van der Waals surface area contributed by atoms with E-state index >= 15 is 0 Å². The van der Waals surface area contributed by atoms with Crippen LogP contribution >= 0.6 is 11.3 Å². The zero-order valence-electron chi connectivity index (χ0n) is 19.2. The molecule has 1 amide bonds. The molecule has 0 aliphatic rings. The van der Waals surface area contributed by atoms with Crippen molar-refractivity contribution in [1.82, 2.24) is 9.88 Å². The number of aryl methyl sites for hydroxylation is 1. The van der Waals surface area contributed by atoms with Crippen LogP contribution in [0.5, 0.6) is 0 Å². The van der Waals surface area contributed by atoms with E-state index in [0.29, 0.717) is 27.4 Å². The lowest BCUT2D eigenvalue weighted by molar-refractivity contribution is -0.115. The van der Waals surface area contributed by atoms with Crippen molar-refractivity contribution in [3.8, 4) is 11.8 Å². The van der Waals surface area contributed by atoms with Crippen LogP contribution in [0.1, 0.15) is 36.5 Å². The van der Waals surface area contributed by atoms with Crippen LogP contribution in [0.3, 0.4) is 0 Å². The van der Waals surface area contributed by atoms with Crippen molar-refractivity contribution in [2.45, 2.75) is 26.7 Å². The van der Waals surface area contributed by atoms with E-state index in [1.54, 1.807) is 6.08 Å². The number of nitrogens with one attached hydrogen (secondary N) is 1. The molecule has 7 heteroatoms. The summed E-state index contributed by atoms with van der Waals surface area (Å²) in [5.74, 6) is -0.193. The maximum atomic E-state index is 13.5. The van der Waals surface area contributed by atoms with E-state index in [2.05, 4.69) is 19.2 Å². The lowest BCUT2D eigenvalue weighted by Crippen LogP contribution is -2.34. The first-order chi connectivity index (χ1) is 15.8. The predicted molar refractivity (Wildman–Crippen MR) is 132 cm³/mol. The Hall–Kier alpha value is -3.47. The summed E-state index contributed by atoms with van der Waals surface area (Å²) in [5.41, 5.74) is 3.36. The third kappa shape index (κ3) is 5.67. The third-order valence-electron chi connectivity index (χ3n) is 5.16. The van der Waals surface area contributed by atoms with E-state index in [1.807, 2.05) is 61.5 Å². The predicted octanol–water partition coefficient (Wildman–Crippen LogP) is 2.60. The minimum atomic E-state index is -0.537. The van der Waals surface area contributed by atoms with Gasteiger partial charge >= 0.3 is 0 Å². The molecule has 0 radical (unpaired) electrons. The van der Waals surface area contributed by atoms with Crippen molar-refractivity contribution in [2.24, 2.45) is 0 Å². The van der Waals surface area contributed by atoms with Gasteiger partial charge in [0.05, 0.1) is 16.8 Å². The average molecular weight is 462 g/mol. The Morgan fingerprint density at radius 3 is 2.42 bits per heavy atom. The number of benzene rings is 2. The Balaban J connectivity index is 2.26. The van der Waals surface area contributed by atoms with E-state index in [1.165, 1.54) is 11.7 Å². The van der Waals surface area contributed by atoms with Gasteiger partial charge in [0.15, 0.2) is 5.57 Å². The molecule has 0 saturated carbocycles. The molecule has 0 fully saturated rings. The smallest absolute Gasteiger partial charge is 0.273 e. The van der Waals surface area contributed by atoms with Crippen molar-refractivity contribution in [1.29, 1.82) is 5.26 Å². The summed E-state index contributed by atoms with van der Waals surface area (Å²) < 4.78 is 7.16. The minimum absolute atomic E-state index is 0.107. The molecule has 0 unspecified atom stereocenters. The first kappa shape index (κ1) is 24.2. The summed E-state index contributed by atoms with van der Waals surface area (Å²) in [6, 6.07) is 17.4. The summed E-state index contributed by atoms with van der Waals surface area (Å²) in [6.45, 7) is 6.78. The number of amides is 1. The topological polar surface area (TPSA) is 84.1 Å². The van der Waals surface area contributed by atoms with E-state index < -0.39 is 5.91 Å². The molecule has 3 rings (SSSR count). The first-order valence-corrected chi connectivity index (χ1v) is 11.5. The van der Waals surface area contributed by atoms with Crippen LogP contribution in [0.25, 0.3) is 17.3 Å². The standard InChI is InChI=1S/C26H27N3O3S/c1-17(2)20-9-11-21(12-10-20)29-25(31)23(15-19-7-5-18(3)6-8-19)33-26(29)22(16-27)24(30)28-13-14-32-4/h5-12,15,17H,13-14H2,1-4H3,(H,28,30)/b23-15-,26-22-. The highest BCUT2D eigenvalue weighted by molar-refractivity contribution is 7.07. The molecular formula is C26H27N3O3S. The van der Waals surface area contributed by atoms with Crippen molar-refractivity contribution in [3.63, 3.8) is 0 Å². The fraction of sp³-hybridized carbons (Fsp3) is 0.269. The van der Waals surface area contributed by atoms with Gasteiger partial charge in [-0.25, -0.2) is 0 Å². The van der Waals surface area contributed by atoms with Crippen molar-refractivity contribution < 1.29 is 9.53 Å². The number of nitrogens with zero attached hydrogens (tertiary/aromatic N) is 2. The summed E-state index contributed by atoms with van der Waals surface area (Å²) in [7, 11) is 1.53. The highest BCUT2D eigenvalue weighted by atomic mass is 32.1. The first-order valence-electron chi connectivity index (χ1n) is 10.7. The fourth-order valence-electron chi connectivity index (χ4n) is 3.26. The highest BCUT2D eigenvalue weighted by Crippen LogP contribution is 2.16. The van der Waals surface area contributed by atoms with Crippen LogP contribution in [-0.2, 0) is 9.53 Å². The van der Waals surface area contributed by atoms with Gasteiger partial charge in [0.25, 0.3) is 11.5 Å². The van der Waals surface area contributed by atoms with Gasteiger partial charge in [0.2, 0.25) is 0 Å². The SMILES string of the molecule is COCCNC(=O)/C(C#N)=c1\s/c(=C\c2ccc(C)cc2)c(=O)n1-c1ccc(C(C)C)cc1. The molecule has 1 aromatic heterocycles. The number of ether oxygens (including phenoxy) is 1. The Labute approximate surface area is 197 Å². The molecule has 170 valence electrons. The fourth-order valence-corrected chi connectivity index (χ4v) is 4.36. The monoisotopic (exact) mass is 461 g/mol. The van der Waals surface area contributed by atoms with E-state index in [9.17, 15) is 14.9 Å². The number of rotatable bonds is 7. The van der Waals surface area contributed by atoms with Gasteiger partial charge < -0.3 is 10.1 Å². The van der Waals surface area contributed by atoms with Gasteiger partial charge in [-0.1, -0.05) is 55.8 Å². The second kappa shape index (κ2) is 10.9. The van der Waals surface area contributed by atoms with Crippen LogP contribution < -0.4 is 20.1 Å². The van der Waals surface area contributed by atoms with Crippen molar-refractivity contribution in [2.75, 3.05) is 20.3 Å². The third-order valence-corrected chi connectivity index (χ3v) is 6.25. The lowest BCUT2D eigenvalue weighted by atomic mass is 10.0. The summed E-state index contributed by atoms with van der Waals surface area (Å²) in [4.78, 5) is 26.2. The van der Waals surface area contributed by atoms with Gasteiger partial charge in [-0.2, -0.15) is 5.26 Å². The van der Waals surface area contributed by atoms with Crippen LogP contribution in [-0.4, -0.2) is 30.7 Å². The zero-order valence-corrected chi connectivity index (χ0v) is 20.0. The Bertz CT molecular complexity index is 1340. The largest absolute Gasteiger partial charge is 0.383 e. The molecule has 1 N–H and O–H groups in total.